The third kappa shape index (κ3) is 2.81. The fourth-order valence-electron chi connectivity index (χ4n) is 1.14. The van der Waals surface area contributed by atoms with Gasteiger partial charge in [0, 0.05) is 13.2 Å². The summed E-state index contributed by atoms with van der Waals surface area (Å²) in [5.74, 6) is -2.25. The third-order valence-corrected chi connectivity index (χ3v) is 1.88. The van der Waals surface area contributed by atoms with Crippen LogP contribution in [0, 0.1) is 11.6 Å². The molecule has 0 amide bonds. The Morgan fingerprint density at radius 2 is 2.20 bits per heavy atom. The van der Waals surface area contributed by atoms with E-state index in [2.05, 4.69) is 4.74 Å². The van der Waals surface area contributed by atoms with E-state index in [4.69, 9.17) is 5.73 Å². The molecule has 0 saturated carbocycles. The van der Waals surface area contributed by atoms with Gasteiger partial charge < -0.3 is 10.5 Å². The summed E-state index contributed by atoms with van der Waals surface area (Å²) < 4.78 is 30.4. The number of ketones is 1. The van der Waals surface area contributed by atoms with Gasteiger partial charge in [-0.2, -0.15) is 0 Å². The molecule has 0 aromatic heterocycles. The Morgan fingerprint density at radius 1 is 1.53 bits per heavy atom. The molecule has 3 nitrogen and oxygen atoms in total. The van der Waals surface area contributed by atoms with Gasteiger partial charge in [0.2, 0.25) is 0 Å². The molecule has 5 heteroatoms. The van der Waals surface area contributed by atoms with Gasteiger partial charge in [-0.25, -0.2) is 8.78 Å². The minimum absolute atomic E-state index is 0.00432. The molecule has 1 aromatic carbocycles. The van der Waals surface area contributed by atoms with E-state index in [1.807, 2.05) is 0 Å². The Bertz CT molecular complexity index is 368. The molecule has 82 valence electrons. The van der Waals surface area contributed by atoms with Gasteiger partial charge in [-0.1, -0.05) is 0 Å². The fourth-order valence-corrected chi connectivity index (χ4v) is 1.14. The Morgan fingerprint density at radius 3 is 2.73 bits per heavy atom. The maximum atomic E-state index is 13.1. The van der Waals surface area contributed by atoms with E-state index in [9.17, 15) is 13.6 Å². The predicted octanol–water partition coefficient (Wildman–Crippen LogP) is 1.12. The van der Waals surface area contributed by atoms with Gasteiger partial charge >= 0.3 is 0 Å². The highest BCUT2D eigenvalue weighted by atomic mass is 19.1. The molecular formula is C10H11F2NO2. The molecule has 0 radical (unpaired) electrons. The second-order valence-electron chi connectivity index (χ2n) is 3.05. The van der Waals surface area contributed by atoms with Crippen molar-refractivity contribution in [1.82, 2.24) is 0 Å². The number of hydrogen-bond donors (Lipinski definition) is 1. The lowest BCUT2D eigenvalue weighted by Crippen LogP contribution is -2.35. The van der Waals surface area contributed by atoms with Gasteiger partial charge in [-0.15, -0.1) is 0 Å². The highest BCUT2D eigenvalue weighted by Gasteiger charge is 2.19. The van der Waals surface area contributed by atoms with Crippen molar-refractivity contribution in [2.45, 2.75) is 6.04 Å². The molecule has 0 bridgehead atoms. The number of carbonyl (C=O) groups excluding carboxylic acids is 1. The number of benzene rings is 1. The topological polar surface area (TPSA) is 52.3 Å². The SMILES string of the molecule is COCC(N)C(=O)c1ccc(F)cc1F. The summed E-state index contributed by atoms with van der Waals surface area (Å²) in [6, 6.07) is 1.79. The summed E-state index contributed by atoms with van der Waals surface area (Å²) in [4.78, 5) is 11.5. The molecule has 0 aliphatic carbocycles. The summed E-state index contributed by atoms with van der Waals surface area (Å²) in [5, 5.41) is 0. The van der Waals surface area contributed by atoms with Crippen LogP contribution in [0.5, 0.6) is 0 Å². The van der Waals surface area contributed by atoms with Gasteiger partial charge in [0.15, 0.2) is 5.78 Å². The molecular weight excluding hydrogens is 204 g/mol. The summed E-state index contributed by atoms with van der Waals surface area (Å²) in [5.41, 5.74) is 5.21. The predicted molar refractivity (Wildman–Crippen MR) is 50.5 cm³/mol. The van der Waals surface area contributed by atoms with Gasteiger partial charge in [0.05, 0.1) is 18.2 Å². The average Bonchev–Trinajstić information content (AvgIpc) is 2.17. The van der Waals surface area contributed by atoms with Crippen molar-refractivity contribution in [3.8, 4) is 0 Å². The zero-order valence-corrected chi connectivity index (χ0v) is 8.17. The Labute approximate surface area is 85.8 Å². The van der Waals surface area contributed by atoms with Crippen molar-refractivity contribution in [3.05, 3.63) is 35.4 Å². The number of Topliss-reactive ketones (excluding diaryl/α,β-unsaturated/α-hetero) is 1. The van der Waals surface area contributed by atoms with E-state index >= 15 is 0 Å². The first-order valence-electron chi connectivity index (χ1n) is 4.30. The molecule has 15 heavy (non-hydrogen) atoms. The summed E-state index contributed by atoms with van der Waals surface area (Å²) in [6.45, 7) is -0.00432. The Kier molecular flexibility index (Phi) is 3.88. The Balaban J connectivity index is 2.91. The van der Waals surface area contributed by atoms with E-state index in [-0.39, 0.29) is 12.2 Å². The van der Waals surface area contributed by atoms with Crippen molar-refractivity contribution in [3.63, 3.8) is 0 Å². The molecule has 1 atom stereocenters. The second kappa shape index (κ2) is 4.95. The number of hydrogen-bond acceptors (Lipinski definition) is 3. The van der Waals surface area contributed by atoms with Crippen LogP contribution in [0.15, 0.2) is 18.2 Å². The number of nitrogens with two attached hydrogens (primary N) is 1. The largest absolute Gasteiger partial charge is 0.383 e. The number of ether oxygens (including phenoxy) is 1. The fraction of sp³-hybridized carbons (Fsp3) is 0.300. The highest BCUT2D eigenvalue weighted by molar-refractivity contribution is 6.00. The lowest BCUT2D eigenvalue weighted by atomic mass is 10.0. The van der Waals surface area contributed by atoms with Crippen LogP contribution in [0.2, 0.25) is 0 Å². The molecule has 0 fully saturated rings. The molecule has 0 aliphatic rings. The standard InChI is InChI=1S/C10H11F2NO2/c1-15-5-9(13)10(14)7-3-2-6(11)4-8(7)12/h2-4,9H,5,13H2,1H3. The maximum absolute atomic E-state index is 13.1. The highest BCUT2D eigenvalue weighted by Crippen LogP contribution is 2.11. The van der Waals surface area contributed by atoms with Crippen molar-refractivity contribution < 1.29 is 18.3 Å². The molecule has 1 rings (SSSR count). The van der Waals surface area contributed by atoms with Crippen LogP contribution in [0.25, 0.3) is 0 Å². The van der Waals surface area contributed by atoms with Crippen molar-refractivity contribution >= 4 is 5.78 Å². The maximum Gasteiger partial charge on any atom is 0.184 e. The van der Waals surface area contributed by atoms with E-state index in [0.29, 0.717) is 6.07 Å². The quantitative estimate of drug-likeness (QED) is 0.766. The lowest BCUT2D eigenvalue weighted by Gasteiger charge is -2.09. The minimum atomic E-state index is -0.935. The molecule has 1 unspecified atom stereocenters. The first-order valence-corrected chi connectivity index (χ1v) is 4.30. The summed E-state index contributed by atoms with van der Waals surface area (Å²) >= 11 is 0. The first-order chi connectivity index (χ1) is 7.06. The Hall–Kier alpha value is -1.33. The number of carbonyl (C=O) groups is 1. The smallest absolute Gasteiger partial charge is 0.184 e. The van der Waals surface area contributed by atoms with Crippen LogP contribution in [0.4, 0.5) is 8.78 Å². The van der Waals surface area contributed by atoms with Crippen LogP contribution >= 0.6 is 0 Å². The van der Waals surface area contributed by atoms with E-state index < -0.39 is 23.5 Å². The van der Waals surface area contributed by atoms with Crippen LogP contribution < -0.4 is 5.73 Å². The van der Waals surface area contributed by atoms with E-state index in [0.717, 1.165) is 12.1 Å². The summed E-state index contributed by atoms with van der Waals surface area (Å²) in [6.07, 6.45) is 0. The number of halogens is 2. The van der Waals surface area contributed by atoms with Gasteiger partial charge in [0.1, 0.15) is 11.6 Å². The average molecular weight is 215 g/mol. The zero-order chi connectivity index (χ0) is 11.4. The van der Waals surface area contributed by atoms with Gasteiger partial charge in [0.25, 0.3) is 0 Å². The van der Waals surface area contributed by atoms with Crippen molar-refractivity contribution in [1.29, 1.82) is 0 Å². The monoisotopic (exact) mass is 215 g/mol. The van der Waals surface area contributed by atoms with Crippen LogP contribution in [0.3, 0.4) is 0 Å². The van der Waals surface area contributed by atoms with Crippen molar-refractivity contribution in [2.24, 2.45) is 5.73 Å². The third-order valence-electron chi connectivity index (χ3n) is 1.88. The van der Waals surface area contributed by atoms with Crippen LogP contribution in [-0.4, -0.2) is 25.5 Å². The normalized spacial score (nSPS) is 12.5. The van der Waals surface area contributed by atoms with E-state index in [1.165, 1.54) is 7.11 Å². The molecule has 2 N–H and O–H groups in total. The second-order valence-corrected chi connectivity index (χ2v) is 3.05. The summed E-state index contributed by atoms with van der Waals surface area (Å²) in [7, 11) is 1.38. The van der Waals surface area contributed by atoms with Gasteiger partial charge in [-0.3, -0.25) is 4.79 Å². The van der Waals surface area contributed by atoms with E-state index in [1.54, 1.807) is 0 Å². The number of rotatable bonds is 4. The molecule has 0 spiro atoms. The molecule has 0 saturated heterocycles. The van der Waals surface area contributed by atoms with Crippen molar-refractivity contribution in [2.75, 3.05) is 13.7 Å². The number of methoxy groups -OCH3 is 1. The van der Waals surface area contributed by atoms with Crippen LogP contribution in [-0.2, 0) is 4.74 Å². The first kappa shape index (κ1) is 11.7. The zero-order valence-electron chi connectivity index (χ0n) is 8.17. The molecule has 0 aliphatic heterocycles. The lowest BCUT2D eigenvalue weighted by molar-refractivity contribution is 0.0888. The van der Waals surface area contributed by atoms with Crippen LogP contribution in [0.1, 0.15) is 10.4 Å². The minimum Gasteiger partial charge on any atom is -0.383 e. The molecule has 0 heterocycles. The molecule has 1 aromatic rings. The van der Waals surface area contributed by atoms with Gasteiger partial charge in [-0.05, 0) is 12.1 Å².